The molecule has 1 aliphatic rings. The molecule has 0 aliphatic carbocycles. The third kappa shape index (κ3) is 4.40. The minimum Gasteiger partial charge on any atom is -0.497 e. The van der Waals surface area contributed by atoms with Gasteiger partial charge in [0.15, 0.2) is 0 Å². The molecule has 144 valence electrons. The van der Waals surface area contributed by atoms with E-state index in [1.165, 1.54) is 0 Å². The smallest absolute Gasteiger partial charge is 0.206 e. The summed E-state index contributed by atoms with van der Waals surface area (Å²) in [6.45, 7) is 1.51. The van der Waals surface area contributed by atoms with Gasteiger partial charge in [-0.25, -0.2) is 4.68 Å². The molecule has 6 heteroatoms. The normalized spacial score (nSPS) is 17.5. The molecule has 0 saturated carbocycles. The fourth-order valence-corrected chi connectivity index (χ4v) is 3.99. The maximum Gasteiger partial charge on any atom is 0.206 e. The number of ether oxygens (including phenoxy) is 2. The topological polar surface area (TPSA) is 48.1 Å². The van der Waals surface area contributed by atoms with Crippen LogP contribution in [0.5, 0.6) is 5.75 Å². The van der Waals surface area contributed by atoms with E-state index in [1.807, 2.05) is 53.4 Å². The summed E-state index contributed by atoms with van der Waals surface area (Å²) in [5.41, 5.74) is 3.11. The molecule has 1 atom stereocenters. The van der Waals surface area contributed by atoms with E-state index in [2.05, 4.69) is 17.5 Å². The molecule has 1 aromatic heterocycles. The van der Waals surface area contributed by atoms with Gasteiger partial charge in [-0.1, -0.05) is 42.5 Å². The third-order valence-corrected chi connectivity index (χ3v) is 5.48. The Balaban J connectivity index is 1.70. The highest BCUT2D eigenvalue weighted by Crippen LogP contribution is 2.20. The predicted molar refractivity (Wildman–Crippen MR) is 113 cm³/mol. The number of thiazole rings is 1. The van der Waals surface area contributed by atoms with Crippen LogP contribution in [-0.4, -0.2) is 37.3 Å². The first-order valence-corrected chi connectivity index (χ1v) is 10.3. The van der Waals surface area contributed by atoms with Crippen molar-refractivity contribution in [3.05, 3.63) is 70.3 Å². The number of benzene rings is 2. The first-order valence-electron chi connectivity index (χ1n) is 9.40. The highest BCUT2D eigenvalue weighted by Gasteiger charge is 2.15. The van der Waals surface area contributed by atoms with E-state index >= 15 is 0 Å². The molecule has 1 fully saturated rings. The van der Waals surface area contributed by atoms with E-state index in [-0.39, 0.29) is 6.10 Å². The molecule has 1 saturated heterocycles. The monoisotopic (exact) mass is 393 g/mol. The number of nitrogens with zero attached hydrogens (tertiary/aromatic N) is 3. The number of hydrogen-bond acceptors (Lipinski definition) is 5. The minimum atomic E-state index is 0.220. The van der Waals surface area contributed by atoms with Crippen LogP contribution >= 0.6 is 11.3 Å². The molecule has 1 aliphatic heterocycles. The Morgan fingerprint density at radius 3 is 2.89 bits per heavy atom. The van der Waals surface area contributed by atoms with Crippen LogP contribution in [0.15, 0.2) is 70.1 Å². The van der Waals surface area contributed by atoms with Crippen LogP contribution in [0.25, 0.3) is 11.3 Å². The van der Waals surface area contributed by atoms with E-state index < -0.39 is 0 Å². The van der Waals surface area contributed by atoms with Gasteiger partial charge in [0.1, 0.15) is 5.75 Å². The lowest BCUT2D eigenvalue weighted by molar-refractivity contribution is 0.117. The van der Waals surface area contributed by atoms with Gasteiger partial charge in [0.25, 0.3) is 0 Å². The number of hydrogen-bond donors (Lipinski definition) is 0. The molecule has 28 heavy (non-hydrogen) atoms. The summed E-state index contributed by atoms with van der Waals surface area (Å²) in [6.07, 6.45) is 4.26. The van der Waals surface area contributed by atoms with Gasteiger partial charge >= 0.3 is 0 Å². The molecule has 0 unspecified atom stereocenters. The van der Waals surface area contributed by atoms with Gasteiger partial charge in [-0.3, -0.25) is 4.99 Å². The molecule has 4 rings (SSSR count). The van der Waals surface area contributed by atoms with E-state index in [1.54, 1.807) is 18.4 Å². The van der Waals surface area contributed by atoms with Crippen molar-refractivity contribution < 1.29 is 9.47 Å². The lowest BCUT2D eigenvalue weighted by Crippen LogP contribution is -2.17. The molecular formula is C22H23N3O2S. The Bertz CT molecular complexity index is 1000. The summed E-state index contributed by atoms with van der Waals surface area (Å²) in [5, 5.41) is 6.85. The fourth-order valence-electron chi connectivity index (χ4n) is 3.14. The Labute approximate surface area is 168 Å². The predicted octanol–water partition coefficient (Wildman–Crippen LogP) is 4.19. The van der Waals surface area contributed by atoms with Crippen LogP contribution in [0.3, 0.4) is 0 Å². The molecule has 2 aromatic carbocycles. The summed E-state index contributed by atoms with van der Waals surface area (Å²) in [7, 11) is 1.67. The molecule has 0 bridgehead atoms. The quantitative estimate of drug-likeness (QED) is 0.590. The van der Waals surface area contributed by atoms with E-state index in [4.69, 9.17) is 19.6 Å². The second-order valence-corrected chi connectivity index (χ2v) is 7.41. The maximum absolute atomic E-state index is 5.71. The summed E-state index contributed by atoms with van der Waals surface area (Å²) in [4.78, 5) is 5.67. The van der Waals surface area contributed by atoms with Gasteiger partial charge < -0.3 is 9.47 Å². The average molecular weight is 394 g/mol. The summed E-state index contributed by atoms with van der Waals surface area (Å²) in [5.74, 6) is 0.811. The first kappa shape index (κ1) is 18.7. The Morgan fingerprint density at radius 2 is 2.11 bits per heavy atom. The zero-order chi connectivity index (χ0) is 19.2. The molecule has 0 N–H and O–H groups in total. The number of rotatable bonds is 6. The highest BCUT2D eigenvalue weighted by atomic mass is 32.1. The van der Waals surface area contributed by atoms with Crippen molar-refractivity contribution in [1.82, 2.24) is 4.68 Å². The SMILES string of the molecule is COc1cccc(/C=N\n2c(-c3ccccc3)csc2=NC[C@H]2CCCO2)c1. The second kappa shape index (κ2) is 8.99. The van der Waals surface area contributed by atoms with Crippen molar-refractivity contribution in [2.75, 3.05) is 20.3 Å². The van der Waals surface area contributed by atoms with E-state index in [0.29, 0.717) is 6.54 Å². The molecule has 3 aromatic rings. The molecule has 0 radical (unpaired) electrons. The zero-order valence-electron chi connectivity index (χ0n) is 15.8. The van der Waals surface area contributed by atoms with Crippen molar-refractivity contribution in [1.29, 1.82) is 0 Å². The van der Waals surface area contributed by atoms with Crippen LogP contribution in [0, 0.1) is 0 Å². The van der Waals surface area contributed by atoms with Gasteiger partial charge in [-0.05, 0) is 30.5 Å². The first-order chi connectivity index (χ1) is 13.8. The molecule has 0 amide bonds. The maximum atomic E-state index is 5.71. The Morgan fingerprint density at radius 1 is 1.21 bits per heavy atom. The van der Waals surface area contributed by atoms with Crippen molar-refractivity contribution in [3.8, 4) is 17.0 Å². The van der Waals surface area contributed by atoms with Gasteiger partial charge in [-0.15, -0.1) is 11.3 Å². The average Bonchev–Trinajstić information content (AvgIpc) is 3.41. The summed E-state index contributed by atoms with van der Waals surface area (Å²) < 4.78 is 12.9. The van der Waals surface area contributed by atoms with Crippen LogP contribution in [0.1, 0.15) is 18.4 Å². The van der Waals surface area contributed by atoms with Crippen molar-refractivity contribution in [3.63, 3.8) is 0 Å². The standard InChI is InChI=1S/C22H23N3O2S/c1-26-19-10-5-7-17(13-19)14-24-25-21(18-8-3-2-4-9-18)16-28-22(25)23-15-20-11-6-12-27-20/h2-5,7-10,13-14,16,20H,6,11-12,15H2,1H3/b23-22?,24-14-/t20-/m1/s1. The number of aromatic nitrogens is 1. The van der Waals surface area contributed by atoms with E-state index in [9.17, 15) is 0 Å². The summed E-state index contributed by atoms with van der Waals surface area (Å²) >= 11 is 1.60. The largest absolute Gasteiger partial charge is 0.497 e. The van der Waals surface area contributed by atoms with Gasteiger partial charge in [0.05, 0.1) is 31.7 Å². The van der Waals surface area contributed by atoms with Crippen LogP contribution < -0.4 is 9.54 Å². The second-order valence-electron chi connectivity index (χ2n) is 6.58. The Kier molecular flexibility index (Phi) is 5.99. The highest BCUT2D eigenvalue weighted by molar-refractivity contribution is 7.07. The zero-order valence-corrected chi connectivity index (χ0v) is 16.6. The molecular weight excluding hydrogens is 370 g/mol. The lowest BCUT2D eigenvalue weighted by Gasteiger charge is -2.06. The molecule has 5 nitrogen and oxygen atoms in total. The van der Waals surface area contributed by atoms with Gasteiger partial charge in [0, 0.05) is 17.6 Å². The lowest BCUT2D eigenvalue weighted by atomic mass is 10.2. The minimum absolute atomic E-state index is 0.220. The van der Waals surface area contributed by atoms with Gasteiger partial charge in [0.2, 0.25) is 4.80 Å². The van der Waals surface area contributed by atoms with Gasteiger partial charge in [-0.2, -0.15) is 5.10 Å². The third-order valence-electron chi connectivity index (χ3n) is 4.63. The summed E-state index contributed by atoms with van der Waals surface area (Å²) in [6, 6.07) is 18.1. The van der Waals surface area contributed by atoms with Crippen LogP contribution in [-0.2, 0) is 4.74 Å². The van der Waals surface area contributed by atoms with Crippen LogP contribution in [0.4, 0.5) is 0 Å². The molecule has 0 spiro atoms. The van der Waals surface area contributed by atoms with Crippen molar-refractivity contribution in [2.24, 2.45) is 10.1 Å². The van der Waals surface area contributed by atoms with Crippen molar-refractivity contribution in [2.45, 2.75) is 18.9 Å². The fraction of sp³-hybridized carbons (Fsp3) is 0.273. The number of methoxy groups -OCH3 is 1. The van der Waals surface area contributed by atoms with E-state index in [0.717, 1.165) is 46.8 Å². The van der Waals surface area contributed by atoms with Crippen LogP contribution in [0.2, 0.25) is 0 Å². The van der Waals surface area contributed by atoms with Crippen molar-refractivity contribution >= 4 is 17.6 Å². The molecule has 2 heterocycles. The Hall–Kier alpha value is -2.70.